The van der Waals surface area contributed by atoms with E-state index in [2.05, 4.69) is 16.0 Å². The number of urea groups is 1. The van der Waals surface area contributed by atoms with Crippen molar-refractivity contribution < 1.29 is 19.1 Å². The number of methoxy groups -OCH3 is 1. The van der Waals surface area contributed by atoms with Crippen LogP contribution in [-0.4, -0.2) is 32.3 Å². The Morgan fingerprint density at radius 3 is 2.31 bits per heavy atom. The van der Waals surface area contributed by atoms with Crippen LogP contribution in [-0.2, 0) is 11.3 Å². The van der Waals surface area contributed by atoms with Crippen LogP contribution in [0.25, 0.3) is 0 Å². The summed E-state index contributed by atoms with van der Waals surface area (Å²) in [5.74, 6) is 0.263. The first-order valence-electron chi connectivity index (χ1n) is 10.3. The van der Waals surface area contributed by atoms with Crippen molar-refractivity contribution in [3.8, 4) is 5.75 Å². The van der Waals surface area contributed by atoms with Gasteiger partial charge < -0.3 is 25.4 Å². The maximum Gasteiger partial charge on any atom is 0.323 e. The Labute approximate surface area is 187 Å². The quantitative estimate of drug-likeness (QED) is 0.431. The number of anilines is 2. The van der Waals surface area contributed by atoms with Gasteiger partial charge in [0.1, 0.15) is 12.4 Å². The Morgan fingerprint density at radius 1 is 0.844 bits per heavy atom. The Morgan fingerprint density at radius 2 is 1.56 bits per heavy atom. The summed E-state index contributed by atoms with van der Waals surface area (Å²) in [4.78, 5) is 24.9. The monoisotopic (exact) mass is 433 g/mol. The van der Waals surface area contributed by atoms with Gasteiger partial charge in [0.2, 0.25) is 0 Å². The van der Waals surface area contributed by atoms with Gasteiger partial charge in [0.05, 0.1) is 12.2 Å². The van der Waals surface area contributed by atoms with Gasteiger partial charge in [0.25, 0.3) is 5.91 Å². The van der Waals surface area contributed by atoms with E-state index < -0.39 is 0 Å². The molecule has 0 bridgehead atoms. The normalized spacial score (nSPS) is 10.3. The van der Waals surface area contributed by atoms with Crippen molar-refractivity contribution in [3.05, 3.63) is 89.5 Å². The minimum absolute atomic E-state index is 0.242. The van der Waals surface area contributed by atoms with Gasteiger partial charge in [-0.25, -0.2) is 4.79 Å². The van der Waals surface area contributed by atoms with Gasteiger partial charge in [-0.3, -0.25) is 4.79 Å². The molecule has 166 valence electrons. The highest BCUT2D eigenvalue weighted by Crippen LogP contribution is 2.18. The van der Waals surface area contributed by atoms with Crippen LogP contribution in [0.4, 0.5) is 16.2 Å². The predicted molar refractivity (Wildman–Crippen MR) is 125 cm³/mol. The molecule has 0 atom stereocenters. The maximum atomic E-state index is 12.7. The summed E-state index contributed by atoms with van der Waals surface area (Å²) in [6.07, 6.45) is 0. The first-order chi connectivity index (χ1) is 15.5. The lowest BCUT2D eigenvalue weighted by molar-refractivity contribution is 0.0943. The van der Waals surface area contributed by atoms with E-state index >= 15 is 0 Å². The molecule has 3 aromatic rings. The average molecular weight is 434 g/mol. The van der Waals surface area contributed by atoms with Crippen molar-refractivity contribution in [1.29, 1.82) is 0 Å². The fourth-order valence-corrected chi connectivity index (χ4v) is 3.07. The Kier molecular flexibility index (Phi) is 8.22. The van der Waals surface area contributed by atoms with Gasteiger partial charge in [-0.05, 0) is 54.4 Å². The van der Waals surface area contributed by atoms with Crippen molar-refractivity contribution in [2.75, 3.05) is 31.0 Å². The molecule has 0 aliphatic carbocycles. The number of para-hydroxylation sites is 1. The third-order valence-corrected chi connectivity index (χ3v) is 4.59. The van der Waals surface area contributed by atoms with Gasteiger partial charge in [-0.2, -0.15) is 0 Å². The molecule has 0 aliphatic heterocycles. The van der Waals surface area contributed by atoms with Crippen LogP contribution in [0.2, 0.25) is 0 Å². The van der Waals surface area contributed by atoms with Crippen LogP contribution in [0.3, 0.4) is 0 Å². The van der Waals surface area contributed by atoms with E-state index in [1.165, 1.54) is 0 Å². The zero-order valence-electron chi connectivity index (χ0n) is 18.2. The second-order valence-corrected chi connectivity index (χ2v) is 7.17. The summed E-state index contributed by atoms with van der Waals surface area (Å²) >= 11 is 0. The Bertz CT molecular complexity index is 1070. The summed E-state index contributed by atoms with van der Waals surface area (Å²) in [5.41, 5.74) is 3.72. The van der Waals surface area contributed by atoms with Crippen molar-refractivity contribution in [2.24, 2.45) is 0 Å². The highest BCUT2D eigenvalue weighted by molar-refractivity contribution is 6.00. The number of ether oxygens (including phenoxy) is 2. The molecule has 32 heavy (non-hydrogen) atoms. The molecule has 0 unspecified atom stereocenters. The molecule has 0 saturated heterocycles. The van der Waals surface area contributed by atoms with Crippen LogP contribution in [0, 0.1) is 6.92 Å². The van der Waals surface area contributed by atoms with E-state index in [0.717, 1.165) is 16.8 Å². The highest BCUT2D eigenvalue weighted by atomic mass is 16.5. The summed E-state index contributed by atoms with van der Waals surface area (Å²) in [7, 11) is 1.59. The molecule has 3 aromatic carbocycles. The van der Waals surface area contributed by atoms with Crippen molar-refractivity contribution in [1.82, 2.24) is 5.32 Å². The number of amides is 3. The zero-order chi connectivity index (χ0) is 22.8. The standard InChI is InChI=1S/C25H27N3O4/c1-18-7-5-9-20(15-18)27-25(30)28-21-10-6-8-19(16-21)17-26-24(29)22-11-3-4-12-23(22)32-14-13-31-2/h3-12,15-16H,13-14,17H2,1-2H3,(H,26,29)(H2,27,28,30). The second kappa shape index (κ2) is 11.5. The number of aryl methyl sites for hydroxylation is 1. The molecular weight excluding hydrogens is 406 g/mol. The van der Waals surface area contributed by atoms with Crippen LogP contribution >= 0.6 is 0 Å². The molecule has 0 fully saturated rings. The number of rotatable bonds is 9. The van der Waals surface area contributed by atoms with E-state index in [0.29, 0.717) is 36.8 Å². The maximum absolute atomic E-state index is 12.7. The van der Waals surface area contributed by atoms with Gasteiger partial charge in [0, 0.05) is 25.0 Å². The second-order valence-electron chi connectivity index (χ2n) is 7.17. The summed E-state index contributed by atoms with van der Waals surface area (Å²) in [6, 6.07) is 21.6. The molecule has 0 aliphatic rings. The topological polar surface area (TPSA) is 88.7 Å². The van der Waals surface area contributed by atoms with E-state index in [9.17, 15) is 9.59 Å². The van der Waals surface area contributed by atoms with Crippen molar-refractivity contribution >= 4 is 23.3 Å². The Balaban J connectivity index is 1.57. The number of nitrogens with one attached hydrogen (secondary N) is 3. The fourth-order valence-electron chi connectivity index (χ4n) is 3.07. The zero-order valence-corrected chi connectivity index (χ0v) is 18.2. The third kappa shape index (κ3) is 6.85. The smallest absolute Gasteiger partial charge is 0.323 e. The molecule has 7 nitrogen and oxygen atoms in total. The van der Waals surface area contributed by atoms with Gasteiger partial charge in [-0.15, -0.1) is 0 Å². The molecule has 3 amide bonds. The van der Waals surface area contributed by atoms with E-state index in [1.807, 2.05) is 55.5 Å². The fraction of sp³-hybridized carbons (Fsp3) is 0.200. The van der Waals surface area contributed by atoms with E-state index in [4.69, 9.17) is 9.47 Å². The molecule has 0 heterocycles. The van der Waals surface area contributed by atoms with Crippen LogP contribution in [0.5, 0.6) is 5.75 Å². The summed E-state index contributed by atoms with van der Waals surface area (Å²) in [6.45, 7) is 3.07. The predicted octanol–water partition coefficient (Wildman–Crippen LogP) is 4.59. The average Bonchev–Trinajstić information content (AvgIpc) is 2.78. The molecule has 0 spiro atoms. The summed E-state index contributed by atoms with van der Waals surface area (Å²) < 4.78 is 10.6. The SMILES string of the molecule is COCCOc1ccccc1C(=O)NCc1cccc(NC(=O)Nc2cccc(C)c2)c1. The minimum Gasteiger partial charge on any atom is -0.490 e. The lowest BCUT2D eigenvalue weighted by Gasteiger charge is -2.12. The van der Waals surface area contributed by atoms with Crippen molar-refractivity contribution in [3.63, 3.8) is 0 Å². The van der Waals surface area contributed by atoms with Gasteiger partial charge in [-0.1, -0.05) is 36.4 Å². The number of benzene rings is 3. The van der Waals surface area contributed by atoms with Gasteiger partial charge in [0.15, 0.2) is 0 Å². The lowest BCUT2D eigenvalue weighted by atomic mass is 10.1. The molecule has 0 saturated carbocycles. The number of hydrogen-bond acceptors (Lipinski definition) is 4. The van der Waals surface area contributed by atoms with E-state index in [1.54, 1.807) is 31.4 Å². The largest absolute Gasteiger partial charge is 0.490 e. The Hall–Kier alpha value is -3.84. The van der Waals surface area contributed by atoms with E-state index in [-0.39, 0.29) is 11.9 Å². The lowest BCUT2D eigenvalue weighted by Crippen LogP contribution is -2.24. The molecule has 0 aromatic heterocycles. The number of carbonyl (C=O) groups excluding carboxylic acids is 2. The third-order valence-electron chi connectivity index (χ3n) is 4.59. The first-order valence-corrected chi connectivity index (χ1v) is 10.3. The van der Waals surface area contributed by atoms with Crippen LogP contribution < -0.4 is 20.7 Å². The molecular formula is C25H27N3O4. The van der Waals surface area contributed by atoms with Crippen molar-refractivity contribution in [2.45, 2.75) is 13.5 Å². The number of carbonyl (C=O) groups is 2. The molecule has 3 N–H and O–H groups in total. The minimum atomic E-state index is -0.334. The number of hydrogen-bond donors (Lipinski definition) is 3. The molecule has 3 rings (SSSR count). The van der Waals surface area contributed by atoms with Gasteiger partial charge >= 0.3 is 6.03 Å². The van der Waals surface area contributed by atoms with Crippen LogP contribution in [0.15, 0.2) is 72.8 Å². The molecule has 0 radical (unpaired) electrons. The van der Waals surface area contributed by atoms with Crippen LogP contribution in [0.1, 0.15) is 21.5 Å². The first kappa shape index (κ1) is 22.8. The molecule has 7 heteroatoms. The highest BCUT2D eigenvalue weighted by Gasteiger charge is 2.12. The summed E-state index contributed by atoms with van der Waals surface area (Å²) in [5, 5.41) is 8.51.